The van der Waals surface area contributed by atoms with Gasteiger partial charge >= 0.3 is 0 Å². The van der Waals surface area contributed by atoms with Crippen molar-refractivity contribution in [1.82, 2.24) is 10.2 Å². The molecular formula is C12H24ClN3O2. The number of nitrogens with one attached hydrogen (secondary N) is 1. The number of carbonyl (C=O) groups is 2. The van der Waals surface area contributed by atoms with Crippen LogP contribution >= 0.6 is 12.4 Å². The molecule has 2 amide bonds. The first-order chi connectivity index (χ1) is 8.15. The van der Waals surface area contributed by atoms with Crippen molar-refractivity contribution < 1.29 is 9.59 Å². The van der Waals surface area contributed by atoms with Crippen molar-refractivity contribution in [3.05, 3.63) is 0 Å². The molecule has 1 saturated heterocycles. The van der Waals surface area contributed by atoms with Crippen LogP contribution in [0.1, 0.15) is 38.5 Å². The molecule has 1 rings (SSSR count). The summed E-state index contributed by atoms with van der Waals surface area (Å²) in [5.74, 6) is 0.0212. The summed E-state index contributed by atoms with van der Waals surface area (Å²) in [6.07, 6.45) is 5.25. The second kappa shape index (κ2) is 9.16. The van der Waals surface area contributed by atoms with Gasteiger partial charge in [-0.3, -0.25) is 9.59 Å². The molecule has 0 saturated carbocycles. The minimum atomic E-state index is -0.295. The third-order valence-corrected chi connectivity index (χ3v) is 3.12. The van der Waals surface area contributed by atoms with Crippen molar-refractivity contribution in [1.29, 1.82) is 0 Å². The van der Waals surface area contributed by atoms with Crippen LogP contribution in [0.2, 0.25) is 0 Å². The van der Waals surface area contributed by atoms with E-state index >= 15 is 0 Å². The first-order valence-electron chi connectivity index (χ1n) is 6.39. The summed E-state index contributed by atoms with van der Waals surface area (Å²) < 4.78 is 0. The van der Waals surface area contributed by atoms with E-state index in [1.807, 2.05) is 0 Å². The van der Waals surface area contributed by atoms with Gasteiger partial charge in [-0.25, -0.2) is 0 Å². The number of amides is 2. The maximum atomic E-state index is 11.6. The number of unbranched alkanes of at least 4 members (excludes halogenated alkanes) is 3. The van der Waals surface area contributed by atoms with Gasteiger partial charge in [-0.15, -0.1) is 12.4 Å². The zero-order chi connectivity index (χ0) is 12.7. The summed E-state index contributed by atoms with van der Waals surface area (Å²) in [4.78, 5) is 24.8. The quantitative estimate of drug-likeness (QED) is 0.672. The molecule has 1 unspecified atom stereocenters. The second-order valence-electron chi connectivity index (χ2n) is 4.62. The van der Waals surface area contributed by atoms with Crippen LogP contribution in [0.25, 0.3) is 0 Å². The smallest absolute Gasteiger partial charge is 0.244 e. The number of likely N-dealkylation sites (N-methyl/N-ethyl adjacent to an activating group) is 1. The van der Waals surface area contributed by atoms with Gasteiger partial charge in [0.15, 0.2) is 0 Å². The van der Waals surface area contributed by atoms with Crippen LogP contribution in [-0.4, -0.2) is 42.9 Å². The largest absolute Gasteiger partial charge is 0.344 e. The molecule has 0 aliphatic carbocycles. The Morgan fingerprint density at radius 3 is 2.61 bits per heavy atom. The monoisotopic (exact) mass is 277 g/mol. The Morgan fingerprint density at radius 2 is 2.06 bits per heavy atom. The molecular weight excluding hydrogens is 254 g/mol. The fraction of sp³-hybridized carbons (Fsp3) is 0.833. The van der Waals surface area contributed by atoms with Crippen molar-refractivity contribution >= 4 is 24.2 Å². The van der Waals surface area contributed by atoms with E-state index in [9.17, 15) is 9.59 Å². The molecule has 0 bridgehead atoms. The van der Waals surface area contributed by atoms with E-state index in [0.717, 1.165) is 45.2 Å². The third-order valence-electron chi connectivity index (χ3n) is 3.12. The van der Waals surface area contributed by atoms with Gasteiger partial charge in [-0.2, -0.15) is 0 Å². The van der Waals surface area contributed by atoms with Crippen LogP contribution in [0.5, 0.6) is 0 Å². The molecule has 1 aliphatic rings. The Balaban J connectivity index is 0.00000289. The van der Waals surface area contributed by atoms with Crippen molar-refractivity contribution in [3.8, 4) is 0 Å². The number of carbonyl (C=O) groups excluding carboxylic acids is 2. The van der Waals surface area contributed by atoms with Crippen LogP contribution in [-0.2, 0) is 9.59 Å². The number of likely N-dealkylation sites (tertiary alicyclic amines) is 1. The van der Waals surface area contributed by atoms with Crippen LogP contribution in [0.3, 0.4) is 0 Å². The molecule has 0 aromatic rings. The van der Waals surface area contributed by atoms with Gasteiger partial charge in [-0.05, 0) is 25.8 Å². The second-order valence-corrected chi connectivity index (χ2v) is 4.62. The van der Waals surface area contributed by atoms with Crippen molar-refractivity contribution in [2.45, 2.75) is 44.6 Å². The van der Waals surface area contributed by atoms with E-state index in [0.29, 0.717) is 6.42 Å². The van der Waals surface area contributed by atoms with Crippen molar-refractivity contribution in [2.75, 3.05) is 20.1 Å². The molecule has 1 aliphatic heterocycles. The molecule has 0 spiro atoms. The summed E-state index contributed by atoms with van der Waals surface area (Å²) in [6.45, 7) is 1.45. The number of hydrogen-bond donors (Lipinski definition) is 2. The highest BCUT2D eigenvalue weighted by molar-refractivity contribution is 5.88. The van der Waals surface area contributed by atoms with E-state index in [1.54, 1.807) is 11.9 Å². The molecule has 6 heteroatoms. The Labute approximate surface area is 115 Å². The summed E-state index contributed by atoms with van der Waals surface area (Å²) in [7, 11) is 1.77. The molecule has 0 aromatic heterocycles. The topological polar surface area (TPSA) is 75.4 Å². The predicted molar refractivity (Wildman–Crippen MR) is 73.6 cm³/mol. The molecule has 0 radical (unpaired) electrons. The first kappa shape index (κ1) is 17.2. The van der Waals surface area contributed by atoms with Gasteiger partial charge in [-0.1, -0.05) is 12.8 Å². The minimum absolute atomic E-state index is 0. The van der Waals surface area contributed by atoms with E-state index in [4.69, 9.17) is 5.73 Å². The lowest BCUT2D eigenvalue weighted by Gasteiger charge is -2.12. The number of nitrogens with zero attached hydrogens (tertiary/aromatic N) is 1. The number of hydrogen-bond acceptors (Lipinski definition) is 3. The molecule has 1 atom stereocenters. The molecule has 0 aromatic carbocycles. The SMILES string of the molecule is CN1CCC(NC(=O)CCCCCCN)C1=O.Cl. The zero-order valence-electron chi connectivity index (χ0n) is 11.0. The third kappa shape index (κ3) is 5.69. The fourth-order valence-electron chi connectivity index (χ4n) is 2.01. The zero-order valence-corrected chi connectivity index (χ0v) is 11.8. The maximum Gasteiger partial charge on any atom is 0.244 e. The van der Waals surface area contributed by atoms with Gasteiger partial charge in [0, 0.05) is 20.0 Å². The van der Waals surface area contributed by atoms with Gasteiger partial charge in [0.2, 0.25) is 11.8 Å². The summed E-state index contributed by atoms with van der Waals surface area (Å²) >= 11 is 0. The van der Waals surface area contributed by atoms with Crippen molar-refractivity contribution in [2.24, 2.45) is 5.73 Å². The van der Waals surface area contributed by atoms with E-state index in [-0.39, 0.29) is 30.3 Å². The molecule has 5 nitrogen and oxygen atoms in total. The normalized spacial score (nSPS) is 18.7. The molecule has 106 valence electrons. The van der Waals surface area contributed by atoms with E-state index < -0.39 is 0 Å². The lowest BCUT2D eigenvalue weighted by molar-refractivity contribution is -0.131. The van der Waals surface area contributed by atoms with Crippen LogP contribution in [0.4, 0.5) is 0 Å². The molecule has 18 heavy (non-hydrogen) atoms. The summed E-state index contributed by atoms with van der Waals surface area (Å²) in [5.41, 5.74) is 5.39. The fourth-order valence-corrected chi connectivity index (χ4v) is 2.01. The van der Waals surface area contributed by atoms with Crippen molar-refractivity contribution in [3.63, 3.8) is 0 Å². The van der Waals surface area contributed by atoms with Crippen LogP contribution in [0, 0.1) is 0 Å². The van der Waals surface area contributed by atoms with Crippen LogP contribution in [0.15, 0.2) is 0 Å². The van der Waals surface area contributed by atoms with Gasteiger partial charge < -0.3 is 16.0 Å². The van der Waals surface area contributed by atoms with E-state index in [1.165, 1.54) is 0 Å². The minimum Gasteiger partial charge on any atom is -0.344 e. The number of halogens is 1. The molecule has 1 fully saturated rings. The molecule has 1 heterocycles. The first-order valence-corrected chi connectivity index (χ1v) is 6.39. The van der Waals surface area contributed by atoms with Crippen LogP contribution < -0.4 is 11.1 Å². The highest BCUT2D eigenvalue weighted by Gasteiger charge is 2.29. The standard InChI is InChI=1S/C12H23N3O2.ClH/c1-15-9-7-10(12(15)17)14-11(16)6-4-2-3-5-8-13;/h10H,2-9,13H2,1H3,(H,14,16);1H. The highest BCUT2D eigenvalue weighted by Crippen LogP contribution is 2.09. The number of nitrogens with two attached hydrogens (primary N) is 1. The Bertz CT molecular complexity index is 274. The number of rotatable bonds is 7. The summed E-state index contributed by atoms with van der Waals surface area (Å²) in [6, 6.07) is -0.295. The van der Waals surface area contributed by atoms with Gasteiger partial charge in [0.1, 0.15) is 6.04 Å². The maximum absolute atomic E-state index is 11.6. The highest BCUT2D eigenvalue weighted by atomic mass is 35.5. The lowest BCUT2D eigenvalue weighted by atomic mass is 10.1. The van der Waals surface area contributed by atoms with E-state index in [2.05, 4.69) is 5.32 Å². The average Bonchev–Trinajstić information content (AvgIpc) is 2.61. The van der Waals surface area contributed by atoms with Gasteiger partial charge in [0.05, 0.1) is 0 Å². The Morgan fingerprint density at radius 1 is 1.39 bits per heavy atom. The molecule has 3 N–H and O–H groups in total. The van der Waals surface area contributed by atoms with Gasteiger partial charge in [0.25, 0.3) is 0 Å². The average molecular weight is 278 g/mol. The summed E-state index contributed by atoms with van der Waals surface area (Å²) in [5, 5.41) is 2.80. The Kier molecular flexibility index (Phi) is 8.75. The Hall–Kier alpha value is -0.810. The lowest BCUT2D eigenvalue weighted by Crippen LogP contribution is -2.40. The predicted octanol–water partition coefficient (Wildman–Crippen LogP) is 0.664.